The van der Waals surface area contributed by atoms with E-state index >= 15 is 0 Å². The molecule has 0 spiro atoms. The standard InChI is InChI=1S/C8H15N3O3/c1-5(12)10-7-3-11(2-6(7)9)4-8(13)14/h6-7H,2-4,9H2,1H3,(H,10,12)(H,13,14). The largest absolute Gasteiger partial charge is 0.480 e. The predicted molar refractivity (Wildman–Crippen MR) is 49.7 cm³/mol. The maximum absolute atomic E-state index is 10.8. The molecule has 0 aromatic heterocycles. The van der Waals surface area contributed by atoms with Gasteiger partial charge in [0.25, 0.3) is 0 Å². The van der Waals surface area contributed by atoms with E-state index in [1.807, 2.05) is 0 Å². The first kappa shape index (κ1) is 10.9. The van der Waals surface area contributed by atoms with Crippen LogP contribution in [-0.4, -0.2) is 53.6 Å². The first-order chi connectivity index (χ1) is 6.49. The highest BCUT2D eigenvalue weighted by atomic mass is 16.4. The molecule has 2 unspecified atom stereocenters. The normalized spacial score (nSPS) is 27.6. The Hall–Kier alpha value is -1.14. The van der Waals surface area contributed by atoms with Gasteiger partial charge in [-0.3, -0.25) is 14.5 Å². The fraction of sp³-hybridized carbons (Fsp3) is 0.750. The van der Waals surface area contributed by atoms with Gasteiger partial charge in [0.2, 0.25) is 5.91 Å². The number of carbonyl (C=O) groups is 2. The van der Waals surface area contributed by atoms with E-state index in [2.05, 4.69) is 5.32 Å². The van der Waals surface area contributed by atoms with Crippen LogP contribution in [0.5, 0.6) is 0 Å². The first-order valence-corrected chi connectivity index (χ1v) is 4.46. The summed E-state index contributed by atoms with van der Waals surface area (Å²) in [5.74, 6) is -1.01. The molecule has 14 heavy (non-hydrogen) atoms. The Labute approximate surface area is 82.1 Å². The van der Waals surface area contributed by atoms with Crippen molar-refractivity contribution in [3.05, 3.63) is 0 Å². The maximum atomic E-state index is 10.8. The SMILES string of the molecule is CC(=O)NC1CN(CC(=O)O)CC1N. The number of rotatable bonds is 3. The first-order valence-electron chi connectivity index (χ1n) is 4.46. The lowest BCUT2D eigenvalue weighted by molar-refractivity contribution is -0.138. The molecule has 1 aliphatic rings. The van der Waals surface area contributed by atoms with Crippen LogP contribution in [0.3, 0.4) is 0 Å². The smallest absolute Gasteiger partial charge is 0.317 e. The molecular weight excluding hydrogens is 186 g/mol. The molecule has 0 aromatic rings. The Morgan fingerprint density at radius 1 is 1.57 bits per heavy atom. The molecule has 80 valence electrons. The molecule has 0 aliphatic carbocycles. The van der Waals surface area contributed by atoms with Gasteiger partial charge < -0.3 is 16.2 Å². The van der Waals surface area contributed by atoms with Gasteiger partial charge in [-0.1, -0.05) is 0 Å². The van der Waals surface area contributed by atoms with Gasteiger partial charge in [-0.25, -0.2) is 0 Å². The number of aliphatic carboxylic acids is 1. The summed E-state index contributed by atoms with van der Waals surface area (Å²) in [5, 5.41) is 11.3. The van der Waals surface area contributed by atoms with Crippen molar-refractivity contribution in [1.82, 2.24) is 10.2 Å². The molecule has 1 amide bonds. The number of nitrogens with two attached hydrogens (primary N) is 1. The van der Waals surface area contributed by atoms with E-state index in [-0.39, 0.29) is 24.5 Å². The molecule has 0 aromatic carbocycles. The van der Waals surface area contributed by atoms with Crippen molar-refractivity contribution >= 4 is 11.9 Å². The average molecular weight is 201 g/mol. The summed E-state index contributed by atoms with van der Waals surface area (Å²) in [7, 11) is 0. The number of likely N-dealkylation sites (tertiary alicyclic amines) is 1. The van der Waals surface area contributed by atoms with Gasteiger partial charge in [-0.05, 0) is 0 Å². The minimum Gasteiger partial charge on any atom is -0.480 e. The number of carbonyl (C=O) groups excluding carboxylic acids is 1. The zero-order valence-corrected chi connectivity index (χ0v) is 8.06. The van der Waals surface area contributed by atoms with Crippen LogP contribution >= 0.6 is 0 Å². The van der Waals surface area contributed by atoms with E-state index in [9.17, 15) is 9.59 Å². The van der Waals surface area contributed by atoms with Crippen molar-refractivity contribution in [1.29, 1.82) is 0 Å². The van der Waals surface area contributed by atoms with Crippen LogP contribution in [0, 0.1) is 0 Å². The van der Waals surface area contributed by atoms with E-state index < -0.39 is 5.97 Å². The van der Waals surface area contributed by atoms with Crippen LogP contribution < -0.4 is 11.1 Å². The second-order valence-electron chi connectivity index (χ2n) is 3.56. The van der Waals surface area contributed by atoms with Crippen molar-refractivity contribution in [2.45, 2.75) is 19.0 Å². The van der Waals surface area contributed by atoms with E-state index in [1.165, 1.54) is 6.92 Å². The summed E-state index contributed by atoms with van der Waals surface area (Å²) < 4.78 is 0. The number of nitrogens with one attached hydrogen (secondary N) is 1. The molecule has 1 heterocycles. The van der Waals surface area contributed by atoms with Crippen LogP contribution in [0.25, 0.3) is 0 Å². The number of nitrogens with zero attached hydrogens (tertiary/aromatic N) is 1. The molecule has 6 heteroatoms. The Balaban J connectivity index is 2.42. The van der Waals surface area contributed by atoms with Crippen molar-refractivity contribution in [2.75, 3.05) is 19.6 Å². The van der Waals surface area contributed by atoms with Crippen LogP contribution in [0.4, 0.5) is 0 Å². The summed E-state index contributed by atoms with van der Waals surface area (Å²) in [6.45, 7) is 2.42. The summed E-state index contributed by atoms with van der Waals surface area (Å²) in [5.41, 5.74) is 5.74. The Bertz CT molecular complexity index is 244. The second kappa shape index (κ2) is 4.39. The monoisotopic (exact) mass is 201 g/mol. The molecule has 4 N–H and O–H groups in total. The molecule has 1 fully saturated rings. The summed E-state index contributed by atoms with van der Waals surface area (Å²) >= 11 is 0. The lowest BCUT2D eigenvalue weighted by Crippen LogP contribution is -2.45. The summed E-state index contributed by atoms with van der Waals surface area (Å²) in [4.78, 5) is 22.9. The third-order valence-electron chi connectivity index (χ3n) is 2.19. The van der Waals surface area contributed by atoms with E-state index in [4.69, 9.17) is 10.8 Å². The fourth-order valence-corrected chi connectivity index (χ4v) is 1.65. The number of hydrogen-bond donors (Lipinski definition) is 3. The van der Waals surface area contributed by atoms with E-state index in [0.717, 1.165) is 0 Å². The zero-order valence-electron chi connectivity index (χ0n) is 8.06. The second-order valence-corrected chi connectivity index (χ2v) is 3.56. The van der Waals surface area contributed by atoms with Gasteiger partial charge in [0.1, 0.15) is 0 Å². The Kier molecular flexibility index (Phi) is 3.43. The average Bonchev–Trinajstić information content (AvgIpc) is 2.28. The number of carboxylic acids is 1. The lowest BCUT2D eigenvalue weighted by atomic mass is 10.2. The number of carboxylic acid groups (broad SMARTS) is 1. The number of hydrogen-bond acceptors (Lipinski definition) is 4. The molecule has 2 atom stereocenters. The highest BCUT2D eigenvalue weighted by Crippen LogP contribution is 2.07. The van der Waals surface area contributed by atoms with Gasteiger partial charge in [-0.15, -0.1) is 0 Å². The molecule has 1 aliphatic heterocycles. The van der Waals surface area contributed by atoms with Crippen molar-refractivity contribution in [3.63, 3.8) is 0 Å². The molecule has 0 bridgehead atoms. The Morgan fingerprint density at radius 2 is 2.21 bits per heavy atom. The zero-order chi connectivity index (χ0) is 10.7. The molecular formula is C8H15N3O3. The van der Waals surface area contributed by atoms with Gasteiger partial charge in [0, 0.05) is 26.1 Å². The summed E-state index contributed by atoms with van der Waals surface area (Å²) in [6, 6.07) is -0.315. The van der Waals surface area contributed by atoms with Gasteiger partial charge in [0.05, 0.1) is 12.6 Å². The van der Waals surface area contributed by atoms with Crippen LogP contribution in [0.15, 0.2) is 0 Å². The highest BCUT2D eigenvalue weighted by molar-refractivity contribution is 5.73. The summed E-state index contributed by atoms with van der Waals surface area (Å²) in [6.07, 6.45) is 0. The predicted octanol–water partition coefficient (Wildman–Crippen LogP) is -1.78. The van der Waals surface area contributed by atoms with Crippen molar-refractivity contribution in [3.8, 4) is 0 Å². The maximum Gasteiger partial charge on any atom is 0.317 e. The number of amides is 1. The third-order valence-corrected chi connectivity index (χ3v) is 2.19. The molecule has 6 nitrogen and oxygen atoms in total. The minimum absolute atomic E-state index is 0.0240. The van der Waals surface area contributed by atoms with Gasteiger partial charge in [-0.2, -0.15) is 0 Å². The molecule has 0 saturated carbocycles. The van der Waals surface area contributed by atoms with Crippen LogP contribution in [0.1, 0.15) is 6.92 Å². The van der Waals surface area contributed by atoms with Crippen LogP contribution in [0.2, 0.25) is 0 Å². The quantitative estimate of drug-likeness (QED) is 0.501. The Morgan fingerprint density at radius 3 is 2.71 bits per heavy atom. The minimum atomic E-state index is -0.874. The van der Waals surface area contributed by atoms with E-state index in [0.29, 0.717) is 13.1 Å². The fourth-order valence-electron chi connectivity index (χ4n) is 1.65. The van der Waals surface area contributed by atoms with Gasteiger partial charge in [0.15, 0.2) is 0 Å². The molecule has 1 rings (SSSR count). The van der Waals surface area contributed by atoms with Gasteiger partial charge >= 0.3 is 5.97 Å². The topological polar surface area (TPSA) is 95.7 Å². The highest BCUT2D eigenvalue weighted by Gasteiger charge is 2.31. The lowest BCUT2D eigenvalue weighted by Gasteiger charge is -2.14. The van der Waals surface area contributed by atoms with Crippen molar-refractivity contribution in [2.24, 2.45) is 5.73 Å². The van der Waals surface area contributed by atoms with E-state index in [1.54, 1.807) is 4.90 Å². The van der Waals surface area contributed by atoms with Crippen LogP contribution in [-0.2, 0) is 9.59 Å². The molecule has 1 saturated heterocycles. The van der Waals surface area contributed by atoms with Crippen molar-refractivity contribution < 1.29 is 14.7 Å². The third kappa shape index (κ3) is 2.97. The molecule has 0 radical (unpaired) electrons.